The Morgan fingerprint density at radius 3 is 2.00 bits per heavy atom. The fourth-order valence-corrected chi connectivity index (χ4v) is 2.34. The van der Waals surface area contributed by atoms with Crippen LogP contribution >= 0.6 is 12.2 Å². The second kappa shape index (κ2) is 9.48. The van der Waals surface area contributed by atoms with E-state index in [1.54, 1.807) is 43.5 Å². The van der Waals surface area contributed by atoms with Gasteiger partial charge in [-0.2, -0.15) is 0 Å². The molecule has 0 aliphatic carbocycles. The van der Waals surface area contributed by atoms with Gasteiger partial charge >= 0.3 is 0 Å². The van der Waals surface area contributed by atoms with Gasteiger partial charge in [-0.1, -0.05) is 0 Å². The summed E-state index contributed by atoms with van der Waals surface area (Å²) in [5, 5.41) is 3.12. The van der Waals surface area contributed by atoms with Crippen molar-refractivity contribution in [2.24, 2.45) is 0 Å². The highest BCUT2D eigenvalue weighted by atomic mass is 32.1. The first-order valence-corrected chi connectivity index (χ1v) is 8.24. The van der Waals surface area contributed by atoms with Crippen LogP contribution < -0.4 is 35.1 Å². The van der Waals surface area contributed by atoms with Crippen molar-refractivity contribution >= 4 is 28.9 Å². The van der Waals surface area contributed by atoms with Gasteiger partial charge in [-0.05, 0) is 36.5 Å². The highest BCUT2D eigenvalue weighted by Gasteiger charge is 2.11. The topological polar surface area (TPSA) is 90.1 Å². The second-order valence-electron chi connectivity index (χ2n) is 5.20. The van der Waals surface area contributed by atoms with Gasteiger partial charge in [-0.15, -0.1) is 0 Å². The number of methoxy groups -OCH3 is 4. The van der Waals surface area contributed by atoms with Gasteiger partial charge in [0.2, 0.25) is 0 Å². The van der Waals surface area contributed by atoms with Crippen LogP contribution in [0.25, 0.3) is 0 Å². The highest BCUT2D eigenvalue weighted by molar-refractivity contribution is 7.80. The van der Waals surface area contributed by atoms with E-state index in [4.69, 9.17) is 31.2 Å². The summed E-state index contributed by atoms with van der Waals surface area (Å²) in [5.41, 5.74) is 6.12. The number of benzene rings is 2. The highest BCUT2D eigenvalue weighted by Crippen LogP contribution is 2.28. The minimum atomic E-state index is -0.405. The van der Waals surface area contributed by atoms with Crippen LogP contribution in [0.1, 0.15) is 10.4 Å². The molecule has 8 nitrogen and oxygen atoms in total. The fraction of sp³-hybridized carbons (Fsp3) is 0.222. The van der Waals surface area contributed by atoms with E-state index in [9.17, 15) is 4.79 Å². The van der Waals surface area contributed by atoms with Gasteiger partial charge in [0.15, 0.2) is 5.11 Å². The number of amides is 1. The first kappa shape index (κ1) is 20.1. The van der Waals surface area contributed by atoms with Crippen molar-refractivity contribution in [1.29, 1.82) is 0 Å². The van der Waals surface area contributed by atoms with Crippen molar-refractivity contribution in [3.8, 4) is 23.0 Å². The zero-order valence-electron chi connectivity index (χ0n) is 15.4. The number of hydrazine groups is 1. The summed E-state index contributed by atoms with van der Waals surface area (Å²) in [5.74, 6) is 1.79. The lowest BCUT2D eigenvalue weighted by atomic mass is 10.2. The lowest BCUT2D eigenvalue weighted by Crippen LogP contribution is -2.43. The molecule has 0 radical (unpaired) electrons. The van der Waals surface area contributed by atoms with Gasteiger partial charge in [-0.3, -0.25) is 15.6 Å². The van der Waals surface area contributed by atoms with Crippen LogP contribution in [-0.2, 0) is 0 Å². The summed E-state index contributed by atoms with van der Waals surface area (Å²) >= 11 is 5.20. The molecule has 2 aromatic rings. The minimum absolute atomic E-state index is 0.182. The van der Waals surface area contributed by atoms with E-state index in [-0.39, 0.29) is 5.11 Å². The summed E-state index contributed by atoms with van der Waals surface area (Å²) in [6, 6.07) is 10.1. The molecule has 0 spiro atoms. The Labute approximate surface area is 162 Å². The van der Waals surface area contributed by atoms with Gasteiger partial charge in [0, 0.05) is 17.7 Å². The van der Waals surface area contributed by atoms with Crippen molar-refractivity contribution in [3.63, 3.8) is 0 Å². The van der Waals surface area contributed by atoms with E-state index in [0.717, 1.165) is 0 Å². The molecule has 0 aliphatic rings. The van der Waals surface area contributed by atoms with Gasteiger partial charge in [0.1, 0.15) is 23.0 Å². The first-order chi connectivity index (χ1) is 13.0. The molecule has 0 unspecified atom stereocenters. The van der Waals surface area contributed by atoms with E-state index in [1.165, 1.54) is 21.3 Å². The van der Waals surface area contributed by atoms with Crippen molar-refractivity contribution < 1.29 is 23.7 Å². The summed E-state index contributed by atoms with van der Waals surface area (Å²) in [4.78, 5) is 12.3. The van der Waals surface area contributed by atoms with Gasteiger partial charge in [0.05, 0.1) is 34.1 Å². The molecule has 0 bridgehead atoms. The molecule has 0 saturated carbocycles. The molecule has 1 amide bonds. The van der Waals surface area contributed by atoms with Crippen LogP contribution in [0.3, 0.4) is 0 Å². The number of carbonyl (C=O) groups is 1. The molecule has 144 valence electrons. The molecule has 27 heavy (non-hydrogen) atoms. The van der Waals surface area contributed by atoms with Crippen molar-refractivity contribution in [3.05, 3.63) is 42.0 Å². The maximum absolute atomic E-state index is 12.3. The first-order valence-electron chi connectivity index (χ1n) is 7.83. The number of thiocarbonyl (C=S) groups is 1. The van der Waals surface area contributed by atoms with Crippen LogP contribution in [0.4, 0.5) is 5.69 Å². The van der Waals surface area contributed by atoms with Crippen LogP contribution in [-0.4, -0.2) is 39.5 Å². The molecule has 0 atom stereocenters. The summed E-state index contributed by atoms with van der Waals surface area (Å²) < 4.78 is 20.7. The Kier molecular flexibility index (Phi) is 7.07. The molecule has 2 aromatic carbocycles. The van der Waals surface area contributed by atoms with Crippen molar-refractivity contribution in [1.82, 2.24) is 10.9 Å². The molecule has 0 saturated heterocycles. The molecule has 9 heteroatoms. The largest absolute Gasteiger partial charge is 0.497 e. The summed E-state index contributed by atoms with van der Waals surface area (Å²) in [6.07, 6.45) is 0. The number of rotatable bonds is 6. The predicted octanol–water partition coefficient (Wildman–Crippen LogP) is 2.35. The number of ether oxygens (including phenoxy) is 4. The van der Waals surface area contributed by atoms with Gasteiger partial charge in [0.25, 0.3) is 5.91 Å². The summed E-state index contributed by atoms with van der Waals surface area (Å²) in [7, 11) is 6.12. The predicted molar refractivity (Wildman–Crippen MR) is 106 cm³/mol. The van der Waals surface area contributed by atoms with Crippen LogP contribution in [0.15, 0.2) is 36.4 Å². The second-order valence-corrected chi connectivity index (χ2v) is 5.61. The molecular formula is C18H21N3O5S. The average molecular weight is 391 g/mol. The molecule has 3 N–H and O–H groups in total. The number of carbonyl (C=O) groups excluding carboxylic acids is 1. The zero-order valence-corrected chi connectivity index (χ0v) is 16.2. The SMILES string of the molecule is COc1cc(OC)cc(C(=O)NNC(=S)Nc2ccc(OC)cc2OC)c1. The average Bonchev–Trinajstić information content (AvgIpc) is 2.71. The van der Waals surface area contributed by atoms with Crippen LogP contribution in [0, 0.1) is 0 Å². The Hall–Kier alpha value is -3.20. The number of hydrogen-bond donors (Lipinski definition) is 3. The molecule has 0 heterocycles. The maximum atomic E-state index is 12.3. The molecule has 0 fully saturated rings. The standard InChI is InChI=1S/C18H21N3O5S/c1-23-12-5-6-15(16(10-12)26-4)19-18(27)21-20-17(22)11-7-13(24-2)9-14(8-11)25-3/h5-10H,1-4H3,(H,20,22)(H2,19,21,27). The molecular weight excluding hydrogens is 370 g/mol. The molecule has 0 aliphatic heterocycles. The quantitative estimate of drug-likeness (QED) is 0.511. The molecule has 0 aromatic heterocycles. The molecule has 2 rings (SSSR count). The lowest BCUT2D eigenvalue weighted by Gasteiger charge is -2.15. The normalized spacial score (nSPS) is 9.78. The summed E-state index contributed by atoms with van der Waals surface area (Å²) in [6.45, 7) is 0. The number of nitrogens with one attached hydrogen (secondary N) is 3. The Bertz CT molecular complexity index is 806. The van der Waals surface area contributed by atoms with Gasteiger partial charge < -0.3 is 24.3 Å². The Morgan fingerprint density at radius 1 is 0.815 bits per heavy atom. The maximum Gasteiger partial charge on any atom is 0.269 e. The third-order valence-corrected chi connectivity index (χ3v) is 3.76. The Balaban J connectivity index is 2.00. The number of hydrogen-bond acceptors (Lipinski definition) is 6. The third kappa shape index (κ3) is 5.38. The fourth-order valence-electron chi connectivity index (χ4n) is 2.18. The van der Waals surface area contributed by atoms with Gasteiger partial charge in [-0.25, -0.2) is 0 Å². The Morgan fingerprint density at radius 2 is 1.44 bits per heavy atom. The van der Waals surface area contributed by atoms with E-state index in [1.807, 2.05) is 0 Å². The van der Waals surface area contributed by atoms with Crippen LogP contribution in [0.5, 0.6) is 23.0 Å². The monoisotopic (exact) mass is 391 g/mol. The van der Waals surface area contributed by atoms with E-state index < -0.39 is 5.91 Å². The van der Waals surface area contributed by atoms with Crippen molar-refractivity contribution in [2.45, 2.75) is 0 Å². The minimum Gasteiger partial charge on any atom is -0.497 e. The van der Waals surface area contributed by atoms with E-state index in [0.29, 0.717) is 34.2 Å². The zero-order chi connectivity index (χ0) is 19.8. The third-order valence-electron chi connectivity index (χ3n) is 3.56. The van der Waals surface area contributed by atoms with Crippen LogP contribution in [0.2, 0.25) is 0 Å². The number of anilines is 1. The lowest BCUT2D eigenvalue weighted by molar-refractivity contribution is 0.0943. The van der Waals surface area contributed by atoms with E-state index >= 15 is 0 Å². The smallest absolute Gasteiger partial charge is 0.269 e. The van der Waals surface area contributed by atoms with E-state index in [2.05, 4.69) is 16.2 Å². The van der Waals surface area contributed by atoms with Crippen molar-refractivity contribution in [2.75, 3.05) is 33.8 Å².